The fourth-order valence-electron chi connectivity index (χ4n) is 4.38. The Morgan fingerprint density at radius 3 is 2.69 bits per heavy atom. The number of carbonyl (C=O) groups excluding carboxylic acids is 1. The Kier molecular flexibility index (Phi) is 4.30. The number of nitrogens with zero attached hydrogens (tertiary/aromatic N) is 5. The zero-order valence-electron chi connectivity index (χ0n) is 16.1. The van der Waals surface area contributed by atoms with E-state index in [0.29, 0.717) is 12.4 Å². The van der Waals surface area contributed by atoms with E-state index in [-0.39, 0.29) is 22.9 Å². The summed E-state index contributed by atoms with van der Waals surface area (Å²) in [7, 11) is 0. The van der Waals surface area contributed by atoms with Crippen LogP contribution in [0.15, 0.2) is 66.0 Å². The quantitative estimate of drug-likeness (QED) is 0.670. The lowest BCUT2D eigenvalue weighted by Crippen LogP contribution is -2.45. The van der Waals surface area contributed by atoms with Crippen molar-refractivity contribution in [3.8, 4) is 5.82 Å². The third kappa shape index (κ3) is 3.16. The predicted molar refractivity (Wildman–Crippen MR) is 108 cm³/mol. The first-order valence-corrected chi connectivity index (χ1v) is 10.1. The van der Waals surface area contributed by atoms with Crippen LogP contribution >= 0.6 is 0 Å². The maximum absolute atomic E-state index is 13.5. The molecule has 0 spiro atoms. The van der Waals surface area contributed by atoms with Gasteiger partial charge in [-0.25, -0.2) is 9.67 Å². The molecule has 1 aliphatic heterocycles. The molecule has 2 aromatic heterocycles. The minimum absolute atomic E-state index is 0.00748. The molecule has 0 N–H and O–H groups in total. The maximum atomic E-state index is 13.5. The van der Waals surface area contributed by atoms with Crippen LogP contribution in [0.3, 0.4) is 0 Å². The first kappa shape index (κ1) is 17.8. The average molecular weight is 389 g/mol. The van der Waals surface area contributed by atoms with E-state index < -0.39 is 0 Å². The van der Waals surface area contributed by atoms with Gasteiger partial charge in [0.2, 0.25) is 5.91 Å². The molecule has 1 saturated carbocycles. The van der Waals surface area contributed by atoms with Crippen molar-refractivity contribution < 1.29 is 4.79 Å². The molecule has 3 heterocycles. The van der Waals surface area contributed by atoms with E-state index in [1.165, 1.54) is 10.7 Å². The summed E-state index contributed by atoms with van der Waals surface area (Å²) in [6, 6.07) is 13.3. The smallest absolute Gasteiger partial charge is 0.266 e. The van der Waals surface area contributed by atoms with Crippen LogP contribution in [0.2, 0.25) is 0 Å². The van der Waals surface area contributed by atoms with Gasteiger partial charge in [-0.2, -0.15) is 5.10 Å². The van der Waals surface area contributed by atoms with E-state index in [1.54, 1.807) is 29.4 Å². The topological polar surface area (TPSA) is 73.0 Å². The van der Waals surface area contributed by atoms with Crippen molar-refractivity contribution in [3.05, 3.63) is 77.1 Å². The Bertz CT molecular complexity index is 1070. The highest BCUT2D eigenvalue weighted by Crippen LogP contribution is 2.50. The SMILES string of the molecule is O=C(N1CCCC1Cn1nc(-n2ccnc2)ccc1=O)C1(c2ccccc2)CC1. The van der Waals surface area contributed by atoms with Crippen molar-refractivity contribution in [2.24, 2.45) is 0 Å². The molecule has 29 heavy (non-hydrogen) atoms. The zero-order chi connectivity index (χ0) is 19.8. The summed E-state index contributed by atoms with van der Waals surface area (Å²) in [6.45, 7) is 1.16. The summed E-state index contributed by atoms with van der Waals surface area (Å²) in [6.07, 6.45) is 8.75. The molecule has 7 nitrogen and oxygen atoms in total. The van der Waals surface area contributed by atoms with Crippen molar-refractivity contribution in [1.82, 2.24) is 24.2 Å². The van der Waals surface area contributed by atoms with Gasteiger partial charge >= 0.3 is 0 Å². The lowest BCUT2D eigenvalue weighted by atomic mass is 9.94. The molecule has 1 unspecified atom stereocenters. The van der Waals surface area contributed by atoms with E-state index >= 15 is 0 Å². The first-order chi connectivity index (χ1) is 14.2. The minimum Gasteiger partial charge on any atom is -0.337 e. The fourth-order valence-corrected chi connectivity index (χ4v) is 4.38. The van der Waals surface area contributed by atoms with Gasteiger partial charge in [0.05, 0.1) is 18.0 Å². The van der Waals surface area contributed by atoms with Crippen LogP contribution in [0.4, 0.5) is 0 Å². The molecule has 2 aliphatic rings. The molecule has 1 atom stereocenters. The third-order valence-corrected chi connectivity index (χ3v) is 6.13. The van der Waals surface area contributed by atoms with Crippen LogP contribution in [-0.4, -0.2) is 42.7 Å². The molecule has 1 saturated heterocycles. The zero-order valence-corrected chi connectivity index (χ0v) is 16.1. The summed E-state index contributed by atoms with van der Waals surface area (Å²) in [4.78, 5) is 31.9. The largest absolute Gasteiger partial charge is 0.337 e. The van der Waals surface area contributed by atoms with Gasteiger partial charge in [0.15, 0.2) is 5.82 Å². The second-order valence-corrected chi connectivity index (χ2v) is 7.92. The van der Waals surface area contributed by atoms with Crippen LogP contribution in [-0.2, 0) is 16.8 Å². The molecular weight excluding hydrogens is 366 g/mol. The number of hydrogen-bond donors (Lipinski definition) is 0. The van der Waals surface area contributed by atoms with Gasteiger partial charge in [0.1, 0.15) is 6.33 Å². The van der Waals surface area contributed by atoms with Gasteiger partial charge in [-0.05, 0) is 37.3 Å². The number of aromatic nitrogens is 4. The Balaban J connectivity index is 1.39. The highest BCUT2D eigenvalue weighted by atomic mass is 16.2. The fraction of sp³-hybridized carbons (Fsp3) is 0.364. The van der Waals surface area contributed by atoms with Crippen molar-refractivity contribution in [1.29, 1.82) is 0 Å². The van der Waals surface area contributed by atoms with Crippen molar-refractivity contribution in [3.63, 3.8) is 0 Å². The van der Waals surface area contributed by atoms with Crippen molar-refractivity contribution in [2.45, 2.75) is 43.7 Å². The Hall–Kier alpha value is -3.22. The van der Waals surface area contributed by atoms with Crippen molar-refractivity contribution in [2.75, 3.05) is 6.54 Å². The highest BCUT2D eigenvalue weighted by molar-refractivity contribution is 5.91. The van der Waals surface area contributed by atoms with Gasteiger partial charge in [0.25, 0.3) is 5.56 Å². The summed E-state index contributed by atoms with van der Waals surface area (Å²) < 4.78 is 3.25. The third-order valence-electron chi connectivity index (χ3n) is 6.13. The first-order valence-electron chi connectivity index (χ1n) is 10.1. The molecule has 1 aliphatic carbocycles. The molecule has 1 amide bonds. The lowest BCUT2D eigenvalue weighted by molar-refractivity contribution is -0.135. The standard InChI is InChI=1S/C22H23N5O2/c28-20-9-8-19(25-14-12-23-16-25)24-27(20)15-18-7-4-13-26(18)21(29)22(10-11-22)17-5-2-1-3-6-17/h1-3,5-6,8-9,12,14,16,18H,4,7,10-11,13,15H2. The van der Waals surface area contributed by atoms with Gasteiger partial charge in [-0.3, -0.25) is 14.2 Å². The summed E-state index contributed by atoms with van der Waals surface area (Å²) in [5.41, 5.74) is 0.575. The lowest BCUT2D eigenvalue weighted by Gasteiger charge is -2.29. The predicted octanol–water partition coefficient (Wildman–Crippen LogP) is 2.15. The summed E-state index contributed by atoms with van der Waals surface area (Å²) >= 11 is 0. The molecule has 2 fully saturated rings. The average Bonchev–Trinajstić information content (AvgIpc) is 3.14. The van der Waals surface area contributed by atoms with E-state index in [0.717, 1.165) is 37.8 Å². The molecule has 5 rings (SSSR count). The molecule has 0 bridgehead atoms. The van der Waals surface area contributed by atoms with Gasteiger partial charge in [0, 0.05) is 25.0 Å². The Morgan fingerprint density at radius 2 is 1.97 bits per heavy atom. The molecule has 0 radical (unpaired) electrons. The van der Waals surface area contributed by atoms with Crippen LogP contribution < -0.4 is 5.56 Å². The van der Waals surface area contributed by atoms with Crippen LogP contribution in [0.1, 0.15) is 31.2 Å². The molecule has 148 valence electrons. The van der Waals surface area contributed by atoms with Gasteiger partial charge in [-0.1, -0.05) is 30.3 Å². The van der Waals surface area contributed by atoms with Crippen LogP contribution in [0.25, 0.3) is 5.82 Å². The second kappa shape index (κ2) is 6.99. The van der Waals surface area contributed by atoms with E-state index in [9.17, 15) is 9.59 Å². The molecule has 3 aromatic rings. The van der Waals surface area contributed by atoms with Gasteiger partial charge < -0.3 is 4.90 Å². The molecule has 7 heteroatoms. The Morgan fingerprint density at radius 1 is 1.14 bits per heavy atom. The number of rotatable bonds is 5. The van der Waals surface area contributed by atoms with E-state index in [1.807, 2.05) is 23.1 Å². The van der Waals surface area contributed by atoms with E-state index in [4.69, 9.17) is 0 Å². The van der Waals surface area contributed by atoms with Gasteiger partial charge in [-0.15, -0.1) is 0 Å². The van der Waals surface area contributed by atoms with Crippen LogP contribution in [0.5, 0.6) is 0 Å². The van der Waals surface area contributed by atoms with E-state index in [2.05, 4.69) is 22.2 Å². The summed E-state index contributed by atoms with van der Waals surface area (Å²) in [5, 5.41) is 4.50. The number of amides is 1. The number of benzene rings is 1. The Labute approximate surface area is 168 Å². The number of imidazole rings is 1. The maximum Gasteiger partial charge on any atom is 0.266 e. The van der Waals surface area contributed by atoms with Crippen molar-refractivity contribution >= 4 is 5.91 Å². The number of carbonyl (C=O) groups is 1. The minimum atomic E-state index is -0.374. The number of hydrogen-bond acceptors (Lipinski definition) is 4. The monoisotopic (exact) mass is 389 g/mol. The molecule has 1 aromatic carbocycles. The number of likely N-dealkylation sites (tertiary alicyclic amines) is 1. The van der Waals surface area contributed by atoms with Crippen LogP contribution in [0, 0.1) is 0 Å². The summed E-state index contributed by atoms with van der Waals surface area (Å²) in [5.74, 6) is 0.839. The second-order valence-electron chi connectivity index (χ2n) is 7.92. The normalized spacial score (nSPS) is 20.0. The highest BCUT2D eigenvalue weighted by Gasteiger charge is 2.54. The molecular formula is C22H23N5O2.